The quantitative estimate of drug-likeness (QED) is 0.821. The second-order valence-corrected chi connectivity index (χ2v) is 4.79. The number of nitrogens with zero attached hydrogens (tertiary/aromatic N) is 1. The summed E-state index contributed by atoms with van der Waals surface area (Å²) in [5, 5.41) is 9.53. The number of likely N-dealkylation sites (N-methyl/N-ethyl adjacent to an activating group) is 1. The Hall–Kier alpha value is -2.03. The zero-order chi connectivity index (χ0) is 12.7. The minimum Gasteiger partial charge on any atom is -0.481 e. The summed E-state index contributed by atoms with van der Waals surface area (Å²) in [6, 6.07) is 7.95. The van der Waals surface area contributed by atoms with Crippen molar-refractivity contribution in [3.8, 4) is 0 Å². The number of para-hydroxylation sites is 1. The lowest BCUT2D eigenvalue weighted by molar-refractivity contribution is -0.138. The van der Waals surface area contributed by atoms with Crippen LogP contribution >= 0.6 is 0 Å². The van der Waals surface area contributed by atoms with Crippen molar-refractivity contribution in [2.24, 2.45) is 0 Å². The van der Waals surface area contributed by atoms with Crippen molar-refractivity contribution in [3.05, 3.63) is 53.6 Å². The van der Waals surface area contributed by atoms with Gasteiger partial charge in [-0.3, -0.25) is 4.79 Å². The highest BCUT2D eigenvalue weighted by Crippen LogP contribution is 2.43. The number of aliphatic carboxylic acids is 1. The molecule has 2 unspecified atom stereocenters. The number of benzene rings is 1. The summed E-state index contributed by atoms with van der Waals surface area (Å²) in [6.07, 6.45) is 6.89. The summed E-state index contributed by atoms with van der Waals surface area (Å²) in [4.78, 5) is 13.8. The molecule has 0 saturated heterocycles. The third kappa shape index (κ3) is 1.47. The molecule has 1 aliphatic carbocycles. The van der Waals surface area contributed by atoms with E-state index in [0.29, 0.717) is 0 Å². The maximum atomic E-state index is 11.6. The molecular weight excluding hydrogens is 226 g/mol. The number of anilines is 1. The molecule has 18 heavy (non-hydrogen) atoms. The lowest BCUT2D eigenvalue weighted by Gasteiger charge is -2.41. The average molecular weight is 241 g/mol. The van der Waals surface area contributed by atoms with E-state index in [1.54, 1.807) is 0 Å². The second-order valence-electron chi connectivity index (χ2n) is 4.79. The van der Waals surface area contributed by atoms with Crippen molar-refractivity contribution in [1.82, 2.24) is 0 Å². The molecule has 1 aliphatic heterocycles. The molecule has 0 radical (unpaired) electrons. The van der Waals surface area contributed by atoms with E-state index < -0.39 is 11.9 Å². The third-order valence-corrected chi connectivity index (χ3v) is 3.84. The molecule has 0 spiro atoms. The van der Waals surface area contributed by atoms with Gasteiger partial charge in [-0.15, -0.1) is 0 Å². The van der Waals surface area contributed by atoms with Crippen LogP contribution in [0.4, 0.5) is 5.69 Å². The minimum absolute atomic E-state index is 0.172. The van der Waals surface area contributed by atoms with E-state index >= 15 is 0 Å². The number of carbonyl (C=O) groups is 1. The SMILES string of the molecule is CN1c2ccccc2C(C(=O)O)C2=CC=CCC21. The summed E-state index contributed by atoms with van der Waals surface area (Å²) in [7, 11) is 2.04. The number of carboxylic acid groups (broad SMARTS) is 1. The molecule has 92 valence electrons. The largest absolute Gasteiger partial charge is 0.481 e. The monoisotopic (exact) mass is 241 g/mol. The first-order valence-corrected chi connectivity index (χ1v) is 6.11. The van der Waals surface area contributed by atoms with E-state index in [2.05, 4.69) is 11.0 Å². The number of carboxylic acids is 1. The smallest absolute Gasteiger partial charge is 0.315 e. The van der Waals surface area contributed by atoms with Crippen molar-refractivity contribution in [2.75, 3.05) is 11.9 Å². The van der Waals surface area contributed by atoms with Crippen molar-refractivity contribution in [3.63, 3.8) is 0 Å². The molecule has 3 rings (SSSR count). The number of allylic oxidation sites excluding steroid dienone is 2. The normalized spacial score (nSPS) is 25.2. The van der Waals surface area contributed by atoms with Crippen molar-refractivity contribution < 1.29 is 9.90 Å². The highest BCUT2D eigenvalue weighted by molar-refractivity contribution is 5.85. The molecule has 1 aromatic rings. The van der Waals surface area contributed by atoms with Gasteiger partial charge in [0.05, 0.1) is 6.04 Å². The molecule has 2 atom stereocenters. The Labute approximate surface area is 106 Å². The molecule has 0 bridgehead atoms. The maximum absolute atomic E-state index is 11.6. The summed E-state index contributed by atoms with van der Waals surface area (Å²) >= 11 is 0. The van der Waals surface area contributed by atoms with Gasteiger partial charge in [0.2, 0.25) is 0 Å². The third-order valence-electron chi connectivity index (χ3n) is 3.84. The van der Waals surface area contributed by atoms with E-state index in [1.807, 2.05) is 43.5 Å². The van der Waals surface area contributed by atoms with Crippen LogP contribution in [-0.2, 0) is 4.79 Å². The molecule has 1 aromatic carbocycles. The van der Waals surface area contributed by atoms with Crippen molar-refractivity contribution in [2.45, 2.75) is 18.4 Å². The standard InChI is InChI=1S/C15H15NO2/c1-16-12-8-4-2-6-10(12)14(15(17)18)11-7-3-5-9-13(11)16/h2-8,13-14H,9H2,1H3,(H,17,18). The molecule has 0 amide bonds. The van der Waals surface area contributed by atoms with Crippen LogP contribution in [0.5, 0.6) is 0 Å². The molecule has 2 aliphatic rings. The molecule has 3 nitrogen and oxygen atoms in total. The van der Waals surface area contributed by atoms with Gasteiger partial charge in [0.15, 0.2) is 0 Å². The fourth-order valence-electron chi connectivity index (χ4n) is 2.98. The number of hydrogen-bond acceptors (Lipinski definition) is 2. The Morgan fingerprint density at radius 1 is 1.39 bits per heavy atom. The molecular formula is C15H15NO2. The van der Waals surface area contributed by atoms with Gasteiger partial charge in [0.1, 0.15) is 5.92 Å². The Morgan fingerprint density at radius 2 is 2.17 bits per heavy atom. The van der Waals surface area contributed by atoms with E-state index in [4.69, 9.17) is 0 Å². The Morgan fingerprint density at radius 3 is 2.94 bits per heavy atom. The Kier molecular flexibility index (Phi) is 2.47. The van der Waals surface area contributed by atoms with Crippen LogP contribution in [0.1, 0.15) is 17.9 Å². The van der Waals surface area contributed by atoms with Crippen LogP contribution < -0.4 is 4.90 Å². The molecule has 3 heteroatoms. The highest BCUT2D eigenvalue weighted by atomic mass is 16.4. The van der Waals surface area contributed by atoms with Crippen LogP contribution in [0, 0.1) is 0 Å². The fourth-order valence-corrected chi connectivity index (χ4v) is 2.98. The first-order valence-electron chi connectivity index (χ1n) is 6.11. The van der Waals surface area contributed by atoms with Crippen LogP contribution in [0.25, 0.3) is 0 Å². The number of hydrogen-bond donors (Lipinski definition) is 1. The summed E-state index contributed by atoms with van der Waals surface area (Å²) in [5.74, 6) is -1.27. The average Bonchev–Trinajstić information content (AvgIpc) is 2.39. The van der Waals surface area contributed by atoms with Gasteiger partial charge in [-0.2, -0.15) is 0 Å². The van der Waals surface area contributed by atoms with Crippen LogP contribution in [-0.4, -0.2) is 24.2 Å². The molecule has 1 heterocycles. The summed E-state index contributed by atoms with van der Waals surface area (Å²) < 4.78 is 0. The Balaban J connectivity index is 2.21. The fraction of sp³-hybridized carbons (Fsp3) is 0.267. The molecule has 0 aromatic heterocycles. The summed E-state index contributed by atoms with van der Waals surface area (Å²) in [6.45, 7) is 0. The second kappa shape index (κ2) is 4.02. The van der Waals surface area contributed by atoms with Gasteiger partial charge < -0.3 is 10.0 Å². The lowest BCUT2D eigenvalue weighted by Crippen LogP contribution is -2.42. The van der Waals surface area contributed by atoms with Gasteiger partial charge in [-0.25, -0.2) is 0 Å². The van der Waals surface area contributed by atoms with E-state index in [0.717, 1.165) is 23.2 Å². The lowest BCUT2D eigenvalue weighted by atomic mass is 9.78. The minimum atomic E-state index is -0.762. The Bertz CT molecular complexity index is 559. The topological polar surface area (TPSA) is 40.5 Å². The van der Waals surface area contributed by atoms with Gasteiger partial charge in [0, 0.05) is 12.7 Å². The number of fused-ring (bicyclic) bond motifs is 2. The molecule has 1 N–H and O–H groups in total. The first kappa shape index (κ1) is 11.1. The maximum Gasteiger partial charge on any atom is 0.315 e. The predicted molar refractivity (Wildman–Crippen MR) is 70.8 cm³/mol. The predicted octanol–water partition coefficient (Wildman–Crippen LogP) is 2.56. The first-order chi connectivity index (χ1) is 8.70. The van der Waals surface area contributed by atoms with Gasteiger partial charge >= 0.3 is 5.97 Å². The van der Waals surface area contributed by atoms with Crippen LogP contribution in [0.2, 0.25) is 0 Å². The summed E-state index contributed by atoms with van der Waals surface area (Å²) in [5.41, 5.74) is 2.92. The van der Waals surface area contributed by atoms with Crippen molar-refractivity contribution >= 4 is 11.7 Å². The van der Waals surface area contributed by atoms with Crippen LogP contribution in [0.15, 0.2) is 48.1 Å². The van der Waals surface area contributed by atoms with Crippen molar-refractivity contribution in [1.29, 1.82) is 0 Å². The van der Waals surface area contributed by atoms with Gasteiger partial charge in [-0.05, 0) is 23.6 Å². The zero-order valence-electron chi connectivity index (χ0n) is 10.2. The highest BCUT2D eigenvalue weighted by Gasteiger charge is 2.38. The van der Waals surface area contributed by atoms with E-state index in [-0.39, 0.29) is 6.04 Å². The van der Waals surface area contributed by atoms with E-state index in [1.165, 1.54) is 0 Å². The van der Waals surface area contributed by atoms with Gasteiger partial charge in [0.25, 0.3) is 0 Å². The number of rotatable bonds is 1. The molecule has 0 fully saturated rings. The van der Waals surface area contributed by atoms with E-state index in [9.17, 15) is 9.90 Å². The zero-order valence-corrected chi connectivity index (χ0v) is 10.2. The van der Waals surface area contributed by atoms with Gasteiger partial charge in [-0.1, -0.05) is 36.4 Å². The molecule has 0 saturated carbocycles. The van der Waals surface area contributed by atoms with Crippen LogP contribution in [0.3, 0.4) is 0 Å².